The summed E-state index contributed by atoms with van der Waals surface area (Å²) in [5.41, 5.74) is 6.09. The lowest BCUT2D eigenvalue weighted by Crippen LogP contribution is -2.52. The van der Waals surface area contributed by atoms with Gasteiger partial charge in [0, 0.05) is 18.5 Å². The smallest absolute Gasteiger partial charge is 0.224 e. The molecule has 98 valence electrons. The molecule has 1 atom stereocenters. The number of hydrogen-bond donors (Lipinski definition) is 1. The van der Waals surface area contributed by atoms with Crippen molar-refractivity contribution in [2.24, 2.45) is 5.73 Å². The summed E-state index contributed by atoms with van der Waals surface area (Å²) in [5, 5.41) is 0. The number of carbonyl (C=O) groups is 1. The van der Waals surface area contributed by atoms with Crippen molar-refractivity contribution in [1.29, 1.82) is 0 Å². The van der Waals surface area contributed by atoms with Crippen LogP contribution in [0.2, 0.25) is 0 Å². The quantitative estimate of drug-likeness (QED) is 0.791. The second kappa shape index (κ2) is 5.36. The van der Waals surface area contributed by atoms with Crippen LogP contribution in [0.5, 0.6) is 0 Å². The third kappa shape index (κ3) is 3.19. The Kier molecular flexibility index (Phi) is 4.05. The highest BCUT2D eigenvalue weighted by Crippen LogP contribution is 2.29. The van der Waals surface area contributed by atoms with E-state index in [-0.39, 0.29) is 17.5 Å². The number of carbonyl (C=O) groups excluding carboxylic acids is 1. The van der Waals surface area contributed by atoms with Crippen LogP contribution in [-0.2, 0) is 9.53 Å². The molecule has 0 aromatic rings. The van der Waals surface area contributed by atoms with Crippen molar-refractivity contribution in [1.82, 2.24) is 4.90 Å². The van der Waals surface area contributed by atoms with Gasteiger partial charge in [-0.05, 0) is 19.8 Å². The first-order chi connectivity index (χ1) is 8.11. The highest BCUT2D eigenvalue weighted by molar-refractivity contribution is 5.78. The SMILES string of the molecule is C[C@@H]1COCCN1C(=O)CC1(N)CCCCC1. The zero-order valence-electron chi connectivity index (χ0n) is 10.8. The predicted octanol–water partition coefficient (Wildman–Crippen LogP) is 1.29. The van der Waals surface area contributed by atoms with E-state index in [2.05, 4.69) is 0 Å². The monoisotopic (exact) mass is 240 g/mol. The molecule has 2 N–H and O–H groups in total. The lowest BCUT2D eigenvalue weighted by molar-refractivity contribution is -0.140. The number of rotatable bonds is 2. The third-order valence-corrected chi connectivity index (χ3v) is 4.04. The Balaban J connectivity index is 1.90. The molecule has 1 saturated carbocycles. The van der Waals surface area contributed by atoms with Crippen LogP contribution in [0.1, 0.15) is 45.4 Å². The minimum atomic E-state index is -0.243. The van der Waals surface area contributed by atoms with Crippen LogP contribution >= 0.6 is 0 Å². The van der Waals surface area contributed by atoms with E-state index in [1.165, 1.54) is 19.3 Å². The Labute approximate surface area is 103 Å². The van der Waals surface area contributed by atoms with Crippen LogP contribution in [0.25, 0.3) is 0 Å². The first-order valence-electron chi connectivity index (χ1n) is 6.77. The average Bonchev–Trinajstić information content (AvgIpc) is 2.29. The summed E-state index contributed by atoms with van der Waals surface area (Å²) in [6, 6.07) is 0.198. The molecule has 2 fully saturated rings. The number of hydrogen-bond acceptors (Lipinski definition) is 3. The molecular formula is C13H24N2O2. The summed E-state index contributed by atoms with van der Waals surface area (Å²) in [5.74, 6) is 0.213. The number of amides is 1. The Bertz CT molecular complexity index is 275. The molecule has 1 saturated heterocycles. The first-order valence-corrected chi connectivity index (χ1v) is 6.77. The minimum Gasteiger partial charge on any atom is -0.377 e. The van der Waals surface area contributed by atoms with Gasteiger partial charge in [0.05, 0.1) is 19.3 Å². The lowest BCUT2D eigenvalue weighted by atomic mass is 9.80. The molecule has 1 heterocycles. The Hall–Kier alpha value is -0.610. The Morgan fingerprint density at radius 1 is 1.41 bits per heavy atom. The van der Waals surface area contributed by atoms with Crippen molar-refractivity contribution >= 4 is 5.91 Å². The van der Waals surface area contributed by atoms with E-state index in [9.17, 15) is 4.79 Å². The van der Waals surface area contributed by atoms with Gasteiger partial charge < -0.3 is 15.4 Å². The van der Waals surface area contributed by atoms with Crippen molar-refractivity contribution < 1.29 is 9.53 Å². The highest BCUT2D eigenvalue weighted by Gasteiger charge is 2.33. The lowest BCUT2D eigenvalue weighted by Gasteiger charge is -2.38. The zero-order valence-corrected chi connectivity index (χ0v) is 10.8. The first kappa shape index (κ1) is 12.8. The van der Waals surface area contributed by atoms with Gasteiger partial charge in [0.15, 0.2) is 0 Å². The highest BCUT2D eigenvalue weighted by atomic mass is 16.5. The van der Waals surface area contributed by atoms with E-state index >= 15 is 0 Å². The van der Waals surface area contributed by atoms with Crippen LogP contribution in [0, 0.1) is 0 Å². The zero-order chi connectivity index (χ0) is 12.3. The van der Waals surface area contributed by atoms with Crippen LogP contribution < -0.4 is 5.73 Å². The molecule has 1 aliphatic heterocycles. The summed E-state index contributed by atoms with van der Waals surface area (Å²) in [6.45, 7) is 4.08. The third-order valence-electron chi connectivity index (χ3n) is 4.04. The number of morpholine rings is 1. The number of nitrogens with two attached hydrogens (primary N) is 1. The van der Waals surface area contributed by atoms with Gasteiger partial charge >= 0.3 is 0 Å². The second-order valence-corrected chi connectivity index (χ2v) is 5.61. The molecule has 0 spiro atoms. The molecule has 0 unspecified atom stereocenters. The van der Waals surface area contributed by atoms with Gasteiger partial charge in [-0.3, -0.25) is 4.79 Å². The van der Waals surface area contributed by atoms with Crippen molar-refractivity contribution in [3.8, 4) is 0 Å². The standard InChI is InChI=1S/C13H24N2O2/c1-11-10-17-8-7-15(11)12(16)9-13(14)5-3-2-4-6-13/h11H,2-10,14H2,1H3/t11-/m1/s1. The second-order valence-electron chi connectivity index (χ2n) is 5.61. The Morgan fingerprint density at radius 3 is 2.76 bits per heavy atom. The van der Waals surface area contributed by atoms with Gasteiger partial charge in [0.2, 0.25) is 5.91 Å². The molecule has 2 rings (SSSR count). The summed E-state index contributed by atoms with van der Waals surface area (Å²) in [4.78, 5) is 14.2. The van der Waals surface area contributed by atoms with Gasteiger partial charge in [0.25, 0.3) is 0 Å². The van der Waals surface area contributed by atoms with Crippen LogP contribution in [0.3, 0.4) is 0 Å². The van der Waals surface area contributed by atoms with Gasteiger partial charge in [-0.1, -0.05) is 19.3 Å². The summed E-state index contributed by atoms with van der Waals surface area (Å²) >= 11 is 0. The summed E-state index contributed by atoms with van der Waals surface area (Å²) in [6.07, 6.45) is 6.11. The van der Waals surface area contributed by atoms with Crippen molar-refractivity contribution in [2.75, 3.05) is 19.8 Å². The molecule has 4 nitrogen and oxygen atoms in total. The Morgan fingerprint density at radius 2 is 2.12 bits per heavy atom. The molecule has 4 heteroatoms. The van der Waals surface area contributed by atoms with Crippen molar-refractivity contribution in [3.05, 3.63) is 0 Å². The molecule has 0 radical (unpaired) electrons. The molecule has 17 heavy (non-hydrogen) atoms. The molecule has 0 bridgehead atoms. The van der Waals surface area contributed by atoms with E-state index in [1.54, 1.807) is 0 Å². The van der Waals surface area contributed by atoms with Crippen LogP contribution in [0.15, 0.2) is 0 Å². The van der Waals surface area contributed by atoms with Crippen LogP contribution in [0.4, 0.5) is 0 Å². The van der Waals surface area contributed by atoms with Crippen LogP contribution in [-0.4, -0.2) is 42.1 Å². The minimum absolute atomic E-state index is 0.198. The molecule has 1 amide bonds. The maximum Gasteiger partial charge on any atom is 0.224 e. The van der Waals surface area contributed by atoms with Crippen molar-refractivity contribution in [2.45, 2.75) is 57.0 Å². The van der Waals surface area contributed by atoms with Gasteiger partial charge in [-0.15, -0.1) is 0 Å². The molecule has 0 aromatic carbocycles. The maximum absolute atomic E-state index is 12.3. The van der Waals surface area contributed by atoms with Gasteiger partial charge in [-0.2, -0.15) is 0 Å². The van der Waals surface area contributed by atoms with Crippen molar-refractivity contribution in [3.63, 3.8) is 0 Å². The van der Waals surface area contributed by atoms with E-state index in [1.807, 2.05) is 11.8 Å². The molecular weight excluding hydrogens is 216 g/mol. The van der Waals surface area contributed by atoms with Gasteiger partial charge in [-0.25, -0.2) is 0 Å². The largest absolute Gasteiger partial charge is 0.377 e. The normalized spacial score (nSPS) is 29.1. The van der Waals surface area contributed by atoms with Gasteiger partial charge in [0.1, 0.15) is 0 Å². The van der Waals surface area contributed by atoms with E-state index in [4.69, 9.17) is 10.5 Å². The number of nitrogens with zero attached hydrogens (tertiary/aromatic N) is 1. The topological polar surface area (TPSA) is 55.6 Å². The molecule has 0 aromatic heterocycles. The van der Waals surface area contributed by atoms with E-state index in [0.29, 0.717) is 19.6 Å². The summed E-state index contributed by atoms with van der Waals surface area (Å²) < 4.78 is 5.35. The maximum atomic E-state index is 12.3. The average molecular weight is 240 g/mol. The molecule has 1 aliphatic carbocycles. The van der Waals surface area contributed by atoms with E-state index in [0.717, 1.165) is 19.4 Å². The van der Waals surface area contributed by atoms with E-state index < -0.39 is 0 Å². The molecule has 2 aliphatic rings. The summed E-state index contributed by atoms with van der Waals surface area (Å²) in [7, 11) is 0. The predicted molar refractivity (Wildman–Crippen MR) is 66.6 cm³/mol. The number of ether oxygens (including phenoxy) is 1. The fourth-order valence-electron chi connectivity index (χ4n) is 2.93. The fraction of sp³-hybridized carbons (Fsp3) is 0.923. The fourth-order valence-corrected chi connectivity index (χ4v) is 2.93.